The minimum atomic E-state index is -0.423. The average Bonchev–Trinajstić information content (AvgIpc) is 2.93. The van der Waals surface area contributed by atoms with Crippen LogP contribution in [0.15, 0.2) is 72.8 Å². The van der Waals surface area contributed by atoms with E-state index in [1.54, 1.807) is 27.4 Å². The molecule has 0 fully saturated rings. The molecule has 0 spiro atoms. The molecule has 0 bridgehead atoms. The molecule has 3 aromatic rings. The lowest BCUT2D eigenvalue weighted by Crippen LogP contribution is -2.24. The van der Waals surface area contributed by atoms with Gasteiger partial charge < -0.3 is 23.7 Å². The molecule has 0 heterocycles. The Balaban J connectivity index is 1.71. The highest BCUT2D eigenvalue weighted by Crippen LogP contribution is 2.43. The van der Waals surface area contributed by atoms with Gasteiger partial charge in [-0.15, -0.1) is 0 Å². The van der Waals surface area contributed by atoms with Gasteiger partial charge in [0, 0.05) is 34.8 Å². The second-order valence-electron chi connectivity index (χ2n) is 9.08. The Kier molecular flexibility index (Phi) is 9.61. The molecule has 1 unspecified atom stereocenters. The Labute approximate surface area is 219 Å². The highest BCUT2D eigenvalue weighted by Gasteiger charge is 2.30. The van der Waals surface area contributed by atoms with Crippen LogP contribution in [0.25, 0.3) is 6.08 Å². The van der Waals surface area contributed by atoms with Gasteiger partial charge in [0.1, 0.15) is 35.7 Å². The molecule has 0 aliphatic rings. The molecule has 1 atom stereocenters. The monoisotopic (exact) mass is 504 g/mol. The van der Waals surface area contributed by atoms with Crippen LogP contribution < -0.4 is 18.9 Å². The molecule has 3 rings (SSSR count). The number of ether oxygens (including phenoxy) is 5. The van der Waals surface area contributed by atoms with E-state index in [4.69, 9.17) is 23.7 Å². The molecule has 196 valence electrons. The van der Waals surface area contributed by atoms with Crippen molar-refractivity contribution in [2.45, 2.75) is 38.7 Å². The van der Waals surface area contributed by atoms with E-state index in [1.165, 1.54) is 6.08 Å². The van der Waals surface area contributed by atoms with Gasteiger partial charge in [-0.2, -0.15) is 0 Å². The van der Waals surface area contributed by atoms with E-state index in [0.29, 0.717) is 17.9 Å². The third kappa shape index (κ3) is 7.06. The molecule has 0 N–H and O–H groups in total. The molecule has 0 radical (unpaired) electrons. The summed E-state index contributed by atoms with van der Waals surface area (Å²) in [6.07, 6.45) is 3.42. The summed E-state index contributed by atoms with van der Waals surface area (Å²) in [4.78, 5) is 12.3. The van der Waals surface area contributed by atoms with Crippen molar-refractivity contribution in [2.24, 2.45) is 0 Å². The van der Waals surface area contributed by atoms with Gasteiger partial charge in [0.15, 0.2) is 0 Å². The topological polar surface area (TPSA) is 63.2 Å². The van der Waals surface area contributed by atoms with Crippen LogP contribution in [0.5, 0.6) is 23.0 Å². The summed E-state index contributed by atoms with van der Waals surface area (Å²) in [6, 6.07) is 21.2. The molecule has 0 aliphatic heterocycles. The van der Waals surface area contributed by atoms with E-state index in [0.717, 1.165) is 28.2 Å². The third-order valence-electron chi connectivity index (χ3n) is 6.31. The molecule has 0 amide bonds. The summed E-state index contributed by atoms with van der Waals surface area (Å²) < 4.78 is 28.3. The molecule has 6 heteroatoms. The first-order valence-electron chi connectivity index (χ1n) is 12.3. The van der Waals surface area contributed by atoms with Crippen LogP contribution in [0.3, 0.4) is 0 Å². The number of hydrogen-bond donors (Lipinski definition) is 0. The quantitative estimate of drug-likeness (QED) is 0.209. The number of methoxy groups -OCH3 is 3. The van der Waals surface area contributed by atoms with Crippen LogP contribution in [-0.2, 0) is 14.9 Å². The van der Waals surface area contributed by atoms with Crippen LogP contribution >= 0.6 is 0 Å². The van der Waals surface area contributed by atoms with E-state index in [1.807, 2.05) is 73.7 Å². The molecule has 0 aliphatic carbocycles. The van der Waals surface area contributed by atoms with Crippen molar-refractivity contribution in [1.82, 2.24) is 0 Å². The van der Waals surface area contributed by atoms with Gasteiger partial charge in [-0.25, -0.2) is 4.79 Å². The van der Waals surface area contributed by atoms with Gasteiger partial charge in [0.05, 0.1) is 21.3 Å². The maximum atomic E-state index is 12.3. The van der Waals surface area contributed by atoms with E-state index in [2.05, 4.69) is 13.8 Å². The normalized spacial score (nSPS) is 12.2. The lowest BCUT2D eigenvalue weighted by Gasteiger charge is -2.30. The Hall–Kier alpha value is -3.93. The van der Waals surface area contributed by atoms with Crippen molar-refractivity contribution in [1.29, 1.82) is 0 Å². The van der Waals surface area contributed by atoms with Gasteiger partial charge in [0.2, 0.25) is 0 Å². The highest BCUT2D eigenvalue weighted by atomic mass is 16.6. The van der Waals surface area contributed by atoms with Gasteiger partial charge in [-0.05, 0) is 30.2 Å². The first-order chi connectivity index (χ1) is 17.8. The fraction of sp³-hybridized carbons (Fsp3) is 0.323. The van der Waals surface area contributed by atoms with Crippen LogP contribution in [-0.4, -0.2) is 40.0 Å². The molecule has 0 aromatic heterocycles. The highest BCUT2D eigenvalue weighted by molar-refractivity contribution is 5.87. The fourth-order valence-electron chi connectivity index (χ4n) is 4.09. The number of carbonyl (C=O) groups is 1. The summed E-state index contributed by atoms with van der Waals surface area (Å²) in [5.41, 5.74) is 2.50. The minimum absolute atomic E-state index is 0.236. The number of hydrogen-bond acceptors (Lipinski definition) is 6. The molecule has 0 saturated carbocycles. The van der Waals surface area contributed by atoms with Crippen molar-refractivity contribution < 1.29 is 28.5 Å². The van der Waals surface area contributed by atoms with Crippen molar-refractivity contribution >= 4 is 12.0 Å². The number of esters is 1. The standard InChI is InChI=1S/C31H36O6/c1-7-23(37-30(32)18-13-22-11-9-8-10-12-22)21-36-25-15-17-27(29(20-25)35-6)31(2,3)26-16-14-24(33-4)19-28(26)34-5/h8-20,23H,7,21H2,1-6H3. The first-order valence-corrected chi connectivity index (χ1v) is 12.3. The summed E-state index contributed by atoms with van der Waals surface area (Å²) >= 11 is 0. The lowest BCUT2D eigenvalue weighted by atomic mass is 9.77. The second kappa shape index (κ2) is 12.9. The number of carbonyl (C=O) groups excluding carboxylic acids is 1. The van der Waals surface area contributed by atoms with Crippen molar-refractivity contribution in [3.8, 4) is 23.0 Å². The molecule has 37 heavy (non-hydrogen) atoms. The smallest absolute Gasteiger partial charge is 0.331 e. The van der Waals surface area contributed by atoms with Crippen LogP contribution in [0.1, 0.15) is 43.9 Å². The molecule has 0 saturated heterocycles. The molecule has 3 aromatic carbocycles. The summed E-state index contributed by atoms with van der Waals surface area (Å²) in [7, 11) is 4.92. The van der Waals surface area contributed by atoms with E-state index in [9.17, 15) is 4.79 Å². The van der Waals surface area contributed by atoms with Gasteiger partial charge in [-0.1, -0.05) is 63.2 Å². The van der Waals surface area contributed by atoms with Crippen LogP contribution in [0.2, 0.25) is 0 Å². The average molecular weight is 505 g/mol. The van der Waals surface area contributed by atoms with Crippen molar-refractivity contribution in [3.63, 3.8) is 0 Å². The zero-order chi connectivity index (χ0) is 26.8. The SMILES string of the molecule is CCC(COc1ccc(C(C)(C)c2ccc(OC)cc2OC)c(OC)c1)OC(=O)C=Cc1ccccc1. The van der Waals surface area contributed by atoms with E-state index >= 15 is 0 Å². The van der Waals surface area contributed by atoms with Crippen LogP contribution in [0, 0.1) is 0 Å². The molecular weight excluding hydrogens is 468 g/mol. The molecule has 6 nitrogen and oxygen atoms in total. The number of rotatable bonds is 12. The maximum Gasteiger partial charge on any atom is 0.331 e. The number of benzene rings is 3. The predicted molar refractivity (Wildman–Crippen MR) is 146 cm³/mol. The zero-order valence-corrected chi connectivity index (χ0v) is 22.4. The summed E-state index contributed by atoms with van der Waals surface area (Å²) in [5.74, 6) is 2.39. The van der Waals surface area contributed by atoms with Gasteiger partial charge in [-0.3, -0.25) is 0 Å². The first kappa shape index (κ1) is 27.7. The zero-order valence-electron chi connectivity index (χ0n) is 22.4. The Morgan fingerprint density at radius 3 is 2.00 bits per heavy atom. The van der Waals surface area contributed by atoms with Crippen LogP contribution in [0.4, 0.5) is 0 Å². The van der Waals surface area contributed by atoms with E-state index in [-0.39, 0.29) is 12.7 Å². The molecular formula is C31H36O6. The lowest BCUT2D eigenvalue weighted by molar-refractivity contribution is -0.144. The Morgan fingerprint density at radius 2 is 1.43 bits per heavy atom. The van der Waals surface area contributed by atoms with E-state index < -0.39 is 11.4 Å². The Morgan fingerprint density at radius 1 is 0.838 bits per heavy atom. The maximum absolute atomic E-state index is 12.3. The largest absolute Gasteiger partial charge is 0.497 e. The van der Waals surface area contributed by atoms with Gasteiger partial charge in [0.25, 0.3) is 0 Å². The second-order valence-corrected chi connectivity index (χ2v) is 9.08. The summed E-state index contributed by atoms with van der Waals surface area (Å²) in [5, 5.41) is 0. The fourth-order valence-corrected chi connectivity index (χ4v) is 4.09. The summed E-state index contributed by atoms with van der Waals surface area (Å²) in [6.45, 7) is 6.42. The minimum Gasteiger partial charge on any atom is -0.497 e. The van der Waals surface area contributed by atoms with Gasteiger partial charge >= 0.3 is 5.97 Å². The Bertz CT molecular complexity index is 1200. The third-order valence-corrected chi connectivity index (χ3v) is 6.31. The predicted octanol–water partition coefficient (Wildman–Crippen LogP) is 6.45. The van der Waals surface area contributed by atoms with Crippen molar-refractivity contribution in [2.75, 3.05) is 27.9 Å². The van der Waals surface area contributed by atoms with Crippen molar-refractivity contribution in [3.05, 3.63) is 89.5 Å².